The Morgan fingerprint density at radius 2 is 1.60 bits per heavy atom. The number of benzene rings is 3. The third-order valence-electron chi connectivity index (χ3n) is 6.06. The third-order valence-corrected chi connectivity index (χ3v) is 11.5. The second kappa shape index (κ2) is 7.21. The van der Waals surface area contributed by atoms with Crippen LogP contribution in [0.1, 0.15) is 25.3 Å². The third kappa shape index (κ3) is 3.36. The number of pyridine rings is 1. The molecule has 5 rings (SSSR count). The molecule has 0 bridgehead atoms. The molecular formula is C27H27GeNS. The Morgan fingerprint density at radius 3 is 2.37 bits per heavy atom. The molecule has 150 valence electrons. The first-order valence-electron chi connectivity index (χ1n) is 10.7. The fourth-order valence-corrected chi connectivity index (χ4v) is 7.76. The molecular weight excluding hydrogens is 443 g/mol. The van der Waals surface area contributed by atoms with Crippen LogP contribution in [0.25, 0.3) is 42.2 Å². The number of nitrogens with zero attached hydrogens (tertiary/aromatic N) is 1. The van der Waals surface area contributed by atoms with Gasteiger partial charge in [-0.25, -0.2) is 0 Å². The van der Waals surface area contributed by atoms with Crippen molar-refractivity contribution in [2.75, 3.05) is 0 Å². The molecule has 0 spiro atoms. The molecule has 0 aliphatic heterocycles. The summed E-state index contributed by atoms with van der Waals surface area (Å²) in [4.78, 5) is 4.67. The van der Waals surface area contributed by atoms with Crippen LogP contribution in [0.2, 0.25) is 17.3 Å². The molecule has 0 aliphatic rings. The Labute approximate surface area is 185 Å². The molecule has 0 fully saturated rings. The molecule has 0 unspecified atom stereocenters. The molecule has 0 saturated heterocycles. The fourth-order valence-electron chi connectivity index (χ4n) is 4.20. The van der Waals surface area contributed by atoms with Crippen molar-refractivity contribution in [3.05, 3.63) is 72.4 Å². The number of thiophene rings is 1. The van der Waals surface area contributed by atoms with Crippen LogP contribution in [-0.2, 0) is 0 Å². The van der Waals surface area contributed by atoms with E-state index in [0.29, 0.717) is 5.92 Å². The standard InChI is InChI=1S/C27H27GeNS/c1-17(2)18-12-13-29-24(16-18)20-7-10-25-23(15-20)27-22-9-8-21(28(3,4)5)14-19(22)6-11-26(27)30-25/h6-17H,1-5H3. The first kappa shape index (κ1) is 19.8. The molecule has 0 amide bonds. The molecule has 0 aliphatic carbocycles. The average molecular weight is 470 g/mol. The van der Waals surface area contributed by atoms with Crippen molar-refractivity contribution in [2.45, 2.75) is 37.0 Å². The molecule has 0 atom stereocenters. The van der Waals surface area contributed by atoms with Gasteiger partial charge in [-0.05, 0) is 0 Å². The Hall–Kier alpha value is -2.17. The Morgan fingerprint density at radius 1 is 0.800 bits per heavy atom. The summed E-state index contributed by atoms with van der Waals surface area (Å²) in [6, 6.07) is 23.0. The molecule has 1 nitrogen and oxygen atoms in total. The molecule has 3 heteroatoms. The van der Waals surface area contributed by atoms with E-state index in [-0.39, 0.29) is 0 Å². The monoisotopic (exact) mass is 471 g/mol. The summed E-state index contributed by atoms with van der Waals surface area (Å²) in [5, 5.41) is 5.47. The first-order chi connectivity index (χ1) is 14.3. The minimum absolute atomic E-state index is 0.503. The van der Waals surface area contributed by atoms with Gasteiger partial charge in [0, 0.05) is 0 Å². The zero-order valence-electron chi connectivity index (χ0n) is 18.3. The van der Waals surface area contributed by atoms with E-state index in [4.69, 9.17) is 0 Å². The van der Waals surface area contributed by atoms with Gasteiger partial charge in [0.05, 0.1) is 0 Å². The molecule has 2 heterocycles. The minimum atomic E-state index is -1.85. The molecule has 0 radical (unpaired) electrons. The van der Waals surface area contributed by atoms with E-state index in [2.05, 4.69) is 96.8 Å². The van der Waals surface area contributed by atoms with Gasteiger partial charge in [-0.15, -0.1) is 0 Å². The first-order valence-corrected chi connectivity index (χ1v) is 18.8. The van der Waals surface area contributed by atoms with Crippen molar-refractivity contribution >= 4 is 59.9 Å². The van der Waals surface area contributed by atoms with Gasteiger partial charge in [-0.1, -0.05) is 13.8 Å². The maximum atomic E-state index is 4.67. The number of hydrogen-bond donors (Lipinski definition) is 0. The molecule has 2 aromatic heterocycles. The summed E-state index contributed by atoms with van der Waals surface area (Å²) in [5.41, 5.74) is 3.59. The molecule has 30 heavy (non-hydrogen) atoms. The SMILES string of the molecule is CC(C)c1ccnc(-c2ccc3sc4ccc5c[c]([Ge]([CH3])([CH3])[CH3])ccc5c4c3c2)c1. The van der Waals surface area contributed by atoms with Gasteiger partial charge < -0.3 is 0 Å². The van der Waals surface area contributed by atoms with Crippen LogP contribution >= 0.6 is 11.3 Å². The second-order valence-electron chi connectivity index (χ2n) is 9.57. The quantitative estimate of drug-likeness (QED) is 0.244. The van der Waals surface area contributed by atoms with E-state index in [0.717, 1.165) is 5.69 Å². The average Bonchev–Trinajstić information content (AvgIpc) is 3.11. The van der Waals surface area contributed by atoms with Crippen molar-refractivity contribution in [3.63, 3.8) is 0 Å². The van der Waals surface area contributed by atoms with Gasteiger partial charge in [-0.2, -0.15) is 0 Å². The zero-order chi connectivity index (χ0) is 21.0. The van der Waals surface area contributed by atoms with Crippen molar-refractivity contribution in [1.82, 2.24) is 4.98 Å². The number of fused-ring (bicyclic) bond motifs is 5. The van der Waals surface area contributed by atoms with Crippen LogP contribution < -0.4 is 4.40 Å². The molecule has 5 aromatic rings. The van der Waals surface area contributed by atoms with Gasteiger partial charge in [-0.3, -0.25) is 0 Å². The number of hydrogen-bond acceptors (Lipinski definition) is 2. The summed E-state index contributed by atoms with van der Waals surface area (Å²) in [7, 11) is 0. The summed E-state index contributed by atoms with van der Waals surface area (Å²) < 4.78 is 4.28. The van der Waals surface area contributed by atoms with Gasteiger partial charge in [0.1, 0.15) is 0 Å². The molecule has 0 saturated carbocycles. The van der Waals surface area contributed by atoms with Gasteiger partial charge in [0.25, 0.3) is 0 Å². The fraction of sp³-hybridized carbons (Fsp3) is 0.222. The molecule has 3 aromatic carbocycles. The van der Waals surface area contributed by atoms with E-state index in [9.17, 15) is 0 Å². The normalized spacial score (nSPS) is 12.5. The summed E-state index contributed by atoms with van der Waals surface area (Å²) in [6.07, 6.45) is 1.94. The number of aromatic nitrogens is 1. The van der Waals surface area contributed by atoms with E-state index in [1.54, 1.807) is 4.40 Å². The van der Waals surface area contributed by atoms with E-state index < -0.39 is 13.3 Å². The maximum absolute atomic E-state index is 4.67. The summed E-state index contributed by atoms with van der Waals surface area (Å²) >= 11 is 0.0417. The van der Waals surface area contributed by atoms with Crippen LogP contribution in [0, 0.1) is 0 Å². The topological polar surface area (TPSA) is 12.9 Å². The van der Waals surface area contributed by atoms with Crippen molar-refractivity contribution < 1.29 is 0 Å². The Balaban J connectivity index is 1.75. The van der Waals surface area contributed by atoms with Crippen LogP contribution in [0.15, 0.2) is 66.9 Å². The zero-order valence-corrected chi connectivity index (χ0v) is 21.2. The van der Waals surface area contributed by atoms with Crippen LogP contribution in [-0.4, -0.2) is 18.3 Å². The number of rotatable bonds is 3. The van der Waals surface area contributed by atoms with Gasteiger partial charge >= 0.3 is 172 Å². The van der Waals surface area contributed by atoms with E-state index in [1.165, 1.54) is 42.1 Å². The predicted molar refractivity (Wildman–Crippen MR) is 137 cm³/mol. The van der Waals surface area contributed by atoms with Crippen LogP contribution in [0.3, 0.4) is 0 Å². The Bertz CT molecular complexity index is 1410. The van der Waals surface area contributed by atoms with Crippen molar-refractivity contribution in [1.29, 1.82) is 0 Å². The summed E-state index contributed by atoms with van der Waals surface area (Å²) in [6.45, 7) is 4.47. The predicted octanol–water partition coefficient (Wildman–Crippen LogP) is 7.94. The second-order valence-corrected chi connectivity index (χ2v) is 21.3. The van der Waals surface area contributed by atoms with Crippen molar-refractivity contribution in [3.8, 4) is 11.3 Å². The van der Waals surface area contributed by atoms with Crippen LogP contribution in [0.4, 0.5) is 0 Å². The molecule has 0 N–H and O–H groups in total. The van der Waals surface area contributed by atoms with Crippen molar-refractivity contribution in [2.24, 2.45) is 0 Å². The van der Waals surface area contributed by atoms with Crippen LogP contribution in [0.5, 0.6) is 0 Å². The van der Waals surface area contributed by atoms with E-state index in [1.807, 2.05) is 17.5 Å². The Kier molecular flexibility index (Phi) is 4.75. The summed E-state index contributed by atoms with van der Waals surface area (Å²) in [5.74, 6) is 7.89. The van der Waals surface area contributed by atoms with Gasteiger partial charge in [0.15, 0.2) is 0 Å². The van der Waals surface area contributed by atoms with E-state index >= 15 is 0 Å². The van der Waals surface area contributed by atoms with Gasteiger partial charge in [0.2, 0.25) is 0 Å².